The minimum absolute atomic E-state index is 0.115. The maximum absolute atomic E-state index is 12.1. The van der Waals surface area contributed by atoms with Gasteiger partial charge in [-0.2, -0.15) is 0 Å². The highest BCUT2D eigenvalue weighted by atomic mass is 16.1. The highest BCUT2D eigenvalue weighted by molar-refractivity contribution is 5.97. The van der Waals surface area contributed by atoms with Gasteiger partial charge in [-0.25, -0.2) is 0 Å². The largest absolute Gasteiger partial charge is 0.364 e. The summed E-state index contributed by atoms with van der Waals surface area (Å²) in [4.78, 5) is 14.5. The van der Waals surface area contributed by atoms with Gasteiger partial charge in [0.1, 0.15) is 0 Å². The van der Waals surface area contributed by atoms with Crippen LogP contribution in [0.3, 0.4) is 0 Å². The van der Waals surface area contributed by atoms with Crippen LogP contribution in [-0.2, 0) is 17.6 Å². The molecule has 0 bridgehead atoms. The summed E-state index contributed by atoms with van der Waals surface area (Å²) < 4.78 is 0. The van der Waals surface area contributed by atoms with Crippen molar-refractivity contribution in [2.24, 2.45) is 0 Å². The molecule has 2 aromatic carbocycles. The maximum Gasteiger partial charge on any atom is 0.226 e. The molecule has 4 nitrogen and oxygen atoms in total. The number of piperazine rings is 1. The second-order valence-electron chi connectivity index (χ2n) is 6.64. The Morgan fingerprint density at radius 1 is 1.04 bits per heavy atom. The number of anilines is 2. The lowest BCUT2D eigenvalue weighted by atomic mass is 10.0. The average Bonchev–Trinajstić information content (AvgIpc) is 2.76. The third-order valence-corrected chi connectivity index (χ3v) is 4.96. The first kappa shape index (κ1) is 15.2. The molecule has 2 N–H and O–H groups in total. The fourth-order valence-electron chi connectivity index (χ4n) is 3.69. The molecule has 24 heavy (non-hydrogen) atoms. The third kappa shape index (κ3) is 3.15. The van der Waals surface area contributed by atoms with Crippen LogP contribution < -0.4 is 15.5 Å². The monoisotopic (exact) mass is 321 g/mol. The summed E-state index contributed by atoms with van der Waals surface area (Å²) in [6.07, 6.45) is 2.61. The number of carbonyl (C=O) groups is 1. The Balaban J connectivity index is 1.58. The number of fused-ring (bicyclic) bond motifs is 3. The van der Waals surface area contributed by atoms with Gasteiger partial charge in [0, 0.05) is 26.1 Å². The molecule has 4 rings (SSSR count). The summed E-state index contributed by atoms with van der Waals surface area (Å²) in [5, 5.41) is 6.47. The lowest BCUT2D eigenvalue weighted by Crippen LogP contribution is -2.51. The lowest BCUT2D eigenvalue weighted by molar-refractivity contribution is -0.116. The van der Waals surface area contributed by atoms with Crippen molar-refractivity contribution in [2.75, 3.05) is 29.9 Å². The predicted octanol–water partition coefficient (Wildman–Crippen LogP) is 2.59. The Hall–Kier alpha value is -2.33. The summed E-state index contributed by atoms with van der Waals surface area (Å²) in [6, 6.07) is 17.3. The van der Waals surface area contributed by atoms with E-state index in [0.29, 0.717) is 6.42 Å². The predicted molar refractivity (Wildman–Crippen MR) is 97.5 cm³/mol. The summed E-state index contributed by atoms with van der Waals surface area (Å²) in [5.74, 6) is 0.115. The molecule has 2 heterocycles. The molecule has 0 aromatic heterocycles. The smallest absolute Gasteiger partial charge is 0.226 e. The van der Waals surface area contributed by atoms with E-state index >= 15 is 0 Å². The van der Waals surface area contributed by atoms with Crippen LogP contribution in [0.5, 0.6) is 0 Å². The molecule has 2 aromatic rings. The minimum Gasteiger partial charge on any atom is -0.364 e. The fourth-order valence-corrected chi connectivity index (χ4v) is 3.69. The summed E-state index contributed by atoms with van der Waals surface area (Å²) >= 11 is 0. The zero-order chi connectivity index (χ0) is 16.4. The summed E-state index contributed by atoms with van der Waals surface area (Å²) in [7, 11) is 0. The van der Waals surface area contributed by atoms with Crippen LogP contribution >= 0.6 is 0 Å². The summed E-state index contributed by atoms with van der Waals surface area (Å²) in [5.41, 5.74) is 4.82. The number of hydrogen-bond acceptors (Lipinski definition) is 3. The van der Waals surface area contributed by atoms with Crippen molar-refractivity contribution < 1.29 is 4.79 Å². The molecular formula is C20H23N3O. The molecule has 0 aliphatic carbocycles. The van der Waals surface area contributed by atoms with Crippen molar-refractivity contribution in [3.8, 4) is 0 Å². The quantitative estimate of drug-likeness (QED) is 0.913. The zero-order valence-electron chi connectivity index (χ0n) is 13.8. The standard InChI is InChI=1S/C20H23N3O/c24-20-13-17-14-21-10-11-23(17)19-12-16(8-9-18(19)22-20)7-6-15-4-2-1-3-5-15/h1-5,8-9,12,17,21H,6-7,10-11,13-14H2,(H,22,24). The molecule has 2 aliphatic heterocycles. The Morgan fingerprint density at radius 3 is 2.75 bits per heavy atom. The Bertz CT molecular complexity index is 729. The molecule has 124 valence electrons. The average molecular weight is 321 g/mol. The lowest BCUT2D eigenvalue weighted by Gasteiger charge is -2.36. The van der Waals surface area contributed by atoms with Gasteiger partial charge in [0.2, 0.25) is 5.91 Å². The van der Waals surface area contributed by atoms with Gasteiger partial charge in [0.25, 0.3) is 0 Å². The van der Waals surface area contributed by atoms with Crippen molar-refractivity contribution in [1.82, 2.24) is 5.32 Å². The second-order valence-corrected chi connectivity index (χ2v) is 6.64. The first-order valence-corrected chi connectivity index (χ1v) is 8.74. The highest BCUT2D eigenvalue weighted by Crippen LogP contribution is 2.33. The number of aryl methyl sites for hydroxylation is 2. The van der Waals surface area contributed by atoms with Crippen LogP contribution in [0.25, 0.3) is 0 Å². The van der Waals surface area contributed by atoms with Crippen LogP contribution in [0.1, 0.15) is 17.5 Å². The zero-order valence-corrected chi connectivity index (χ0v) is 13.8. The maximum atomic E-state index is 12.1. The molecule has 2 aliphatic rings. The van der Waals surface area contributed by atoms with Gasteiger partial charge in [0.15, 0.2) is 0 Å². The van der Waals surface area contributed by atoms with Gasteiger partial charge in [-0.3, -0.25) is 4.79 Å². The first-order valence-electron chi connectivity index (χ1n) is 8.74. The SMILES string of the molecule is O=C1CC2CNCCN2c2cc(CCc3ccccc3)ccc2N1. The first-order chi connectivity index (χ1) is 11.8. The van der Waals surface area contributed by atoms with Crippen LogP contribution in [-0.4, -0.2) is 31.6 Å². The molecule has 1 saturated heterocycles. The Morgan fingerprint density at radius 2 is 1.88 bits per heavy atom. The second kappa shape index (κ2) is 6.65. The number of amides is 1. The number of carbonyl (C=O) groups excluding carboxylic acids is 1. The van der Waals surface area contributed by atoms with Gasteiger partial charge in [-0.15, -0.1) is 0 Å². The van der Waals surface area contributed by atoms with E-state index in [1.54, 1.807) is 0 Å². The van der Waals surface area contributed by atoms with Crippen LogP contribution in [0.15, 0.2) is 48.5 Å². The number of hydrogen-bond donors (Lipinski definition) is 2. The number of nitrogens with zero attached hydrogens (tertiary/aromatic N) is 1. The Labute approximate surface area is 142 Å². The van der Waals surface area contributed by atoms with E-state index < -0.39 is 0 Å². The number of benzene rings is 2. The van der Waals surface area contributed by atoms with Gasteiger partial charge in [-0.05, 0) is 36.1 Å². The fraction of sp³-hybridized carbons (Fsp3) is 0.350. The van der Waals surface area contributed by atoms with E-state index in [0.717, 1.165) is 38.2 Å². The van der Waals surface area contributed by atoms with Gasteiger partial charge < -0.3 is 15.5 Å². The van der Waals surface area contributed by atoms with Crippen molar-refractivity contribution >= 4 is 17.3 Å². The van der Waals surface area contributed by atoms with E-state index in [4.69, 9.17) is 0 Å². The van der Waals surface area contributed by atoms with E-state index in [9.17, 15) is 4.79 Å². The Kier molecular flexibility index (Phi) is 4.22. The summed E-state index contributed by atoms with van der Waals surface area (Å²) in [6.45, 7) is 2.80. The molecular weight excluding hydrogens is 298 g/mol. The van der Waals surface area contributed by atoms with E-state index in [1.165, 1.54) is 16.8 Å². The van der Waals surface area contributed by atoms with Crippen molar-refractivity contribution in [3.05, 3.63) is 59.7 Å². The van der Waals surface area contributed by atoms with Crippen molar-refractivity contribution in [2.45, 2.75) is 25.3 Å². The number of nitrogens with one attached hydrogen (secondary N) is 2. The van der Waals surface area contributed by atoms with Crippen LogP contribution in [0, 0.1) is 0 Å². The molecule has 1 unspecified atom stereocenters. The molecule has 4 heteroatoms. The minimum atomic E-state index is 0.115. The van der Waals surface area contributed by atoms with Crippen LogP contribution in [0.4, 0.5) is 11.4 Å². The molecule has 0 saturated carbocycles. The van der Waals surface area contributed by atoms with E-state index in [-0.39, 0.29) is 11.9 Å². The topological polar surface area (TPSA) is 44.4 Å². The molecule has 0 spiro atoms. The van der Waals surface area contributed by atoms with Crippen LogP contribution in [0.2, 0.25) is 0 Å². The van der Waals surface area contributed by atoms with Gasteiger partial charge >= 0.3 is 0 Å². The molecule has 1 amide bonds. The van der Waals surface area contributed by atoms with Crippen molar-refractivity contribution in [1.29, 1.82) is 0 Å². The van der Waals surface area contributed by atoms with Gasteiger partial charge in [-0.1, -0.05) is 36.4 Å². The highest BCUT2D eigenvalue weighted by Gasteiger charge is 2.29. The third-order valence-electron chi connectivity index (χ3n) is 4.96. The molecule has 1 atom stereocenters. The number of rotatable bonds is 3. The van der Waals surface area contributed by atoms with Gasteiger partial charge in [0.05, 0.1) is 17.4 Å². The molecule has 0 radical (unpaired) electrons. The van der Waals surface area contributed by atoms with Crippen molar-refractivity contribution in [3.63, 3.8) is 0 Å². The van der Waals surface area contributed by atoms with E-state index in [1.807, 2.05) is 0 Å². The molecule has 1 fully saturated rings. The normalized spacial score (nSPS) is 19.9. The van der Waals surface area contributed by atoms with E-state index in [2.05, 4.69) is 64.1 Å².